The van der Waals surface area contributed by atoms with Gasteiger partial charge in [-0.15, -0.1) is 62.0 Å². The molecule has 594 valence electrons. The third-order valence-corrected chi connectivity index (χ3v) is 25.9. The van der Waals surface area contributed by atoms with Gasteiger partial charge in [0, 0.05) is 64.8 Å². The quantitative estimate of drug-likeness (QED) is 0.0250. The van der Waals surface area contributed by atoms with Gasteiger partial charge in [0.1, 0.15) is 28.7 Å². The van der Waals surface area contributed by atoms with E-state index in [1.165, 1.54) is 98.8 Å². The van der Waals surface area contributed by atoms with Gasteiger partial charge in [0.15, 0.2) is 0 Å². The van der Waals surface area contributed by atoms with Crippen LogP contribution in [0.5, 0.6) is 28.7 Å². The van der Waals surface area contributed by atoms with Gasteiger partial charge in [0.2, 0.25) is 0 Å². The van der Waals surface area contributed by atoms with E-state index in [2.05, 4.69) is 253 Å². The van der Waals surface area contributed by atoms with E-state index in [4.69, 9.17) is 0 Å². The fraction of sp³-hybridized carbons (Fsp3) is 0.326. The van der Waals surface area contributed by atoms with Gasteiger partial charge in [-0.1, -0.05) is 249 Å². The maximum Gasteiger partial charge on any atom is 0.127 e. The molecule has 0 aliphatic rings. The van der Waals surface area contributed by atoms with Crippen molar-refractivity contribution < 1.29 is 25.5 Å². The largest absolute Gasteiger partial charge is 0.507 e. The third kappa shape index (κ3) is 31.8. The lowest BCUT2D eigenvalue weighted by molar-refractivity contribution is 0.450. The fourth-order valence-electron chi connectivity index (χ4n) is 11.8. The van der Waals surface area contributed by atoms with Crippen LogP contribution in [0, 0.1) is 69.2 Å². The number of nitrogens with one attached hydrogen (secondary N) is 5. The molecule has 10 N–H and O–H groups in total. The first-order chi connectivity index (χ1) is 49.7. The van der Waals surface area contributed by atoms with E-state index in [9.17, 15) is 25.5 Å². The average Bonchev–Trinajstić information content (AvgIpc) is 0.822. The summed E-state index contributed by atoms with van der Waals surface area (Å²) in [5, 5.41) is 80.2. The van der Waals surface area contributed by atoms with Crippen LogP contribution in [-0.2, 0) is 38.1 Å². The van der Waals surface area contributed by atoms with Crippen LogP contribution in [0.4, 0.5) is 0 Å². The summed E-state index contributed by atoms with van der Waals surface area (Å²) in [6, 6.07) is 59.9. The minimum absolute atomic E-state index is 0. The fourth-order valence-corrected chi connectivity index (χ4v) is 18.8. The summed E-state index contributed by atoms with van der Waals surface area (Å²) in [6.45, 7) is 47.2. The monoisotopic (exact) mass is 1670 g/mol. The topological polar surface area (TPSA) is 161 Å². The van der Waals surface area contributed by atoms with Crippen LogP contribution in [0.1, 0.15) is 144 Å². The average molecular weight is 1680 g/mol. The summed E-state index contributed by atoms with van der Waals surface area (Å²) in [6.07, 6.45) is 0. The van der Waals surface area contributed by atoms with Crippen LogP contribution in [0.3, 0.4) is 0 Å². The van der Waals surface area contributed by atoms with Crippen LogP contribution < -0.4 is 79.6 Å². The summed E-state index contributed by atoms with van der Waals surface area (Å²) in [7, 11) is 2.43. The van der Waals surface area contributed by atoms with Crippen LogP contribution in [0.25, 0.3) is 0 Å². The Kier molecular flexibility index (Phi) is 48.6. The molecule has 5 atom stereocenters. The van der Waals surface area contributed by atoms with Gasteiger partial charge in [-0.25, -0.2) is 0 Å². The normalized spacial score (nSPS) is 11.0. The molecule has 109 heavy (non-hydrogen) atoms. The van der Waals surface area contributed by atoms with Gasteiger partial charge in [-0.3, -0.25) is 0 Å². The second-order valence-corrected chi connectivity index (χ2v) is 34.0. The number of aryl methyl sites for hydroxylation is 10. The van der Waals surface area contributed by atoms with E-state index in [0.717, 1.165) is 109 Å². The molecule has 0 bridgehead atoms. The number of phenolic OH excluding ortho intramolecular Hbond substituents is 5. The summed E-state index contributed by atoms with van der Waals surface area (Å²) in [5.41, 5.74) is 19.6. The third-order valence-electron chi connectivity index (χ3n) is 17.7. The first-order valence-corrected chi connectivity index (χ1v) is 41.5. The second kappa shape index (κ2) is 52.1. The highest BCUT2D eigenvalue weighted by Crippen LogP contribution is 2.35. The molecule has 10 nitrogen and oxygen atoms in total. The Balaban J connectivity index is 0.000000675. The summed E-state index contributed by atoms with van der Waals surface area (Å²) >= 11 is 0. The minimum Gasteiger partial charge on any atom is -0.507 e. The van der Waals surface area contributed by atoms with Crippen molar-refractivity contribution in [1.29, 1.82) is 0 Å². The number of aromatic hydroxyl groups is 5. The number of halogens is 5. The molecule has 0 saturated carbocycles. The number of hydrogen-bond donors (Lipinski definition) is 10. The lowest BCUT2D eigenvalue weighted by atomic mass is 9.85. The number of phenols is 5. The molecule has 5 unspecified atom stereocenters. The van der Waals surface area contributed by atoms with Crippen molar-refractivity contribution in [2.75, 3.05) is 32.7 Å². The van der Waals surface area contributed by atoms with Crippen molar-refractivity contribution in [3.63, 3.8) is 0 Å². The number of hydrogen-bond acceptors (Lipinski definition) is 10. The summed E-state index contributed by atoms with van der Waals surface area (Å²) in [5.74, 6) is 2.12. The van der Waals surface area contributed by atoms with E-state index in [1.807, 2.05) is 62.4 Å². The van der Waals surface area contributed by atoms with Crippen molar-refractivity contribution in [3.05, 3.63) is 265 Å². The van der Waals surface area contributed by atoms with Crippen molar-refractivity contribution >= 4 is 158 Å². The molecular formula is C89H123Cl5N5O5P5. The zero-order valence-electron chi connectivity index (χ0n) is 67.1. The van der Waals surface area contributed by atoms with Crippen LogP contribution in [0.15, 0.2) is 176 Å². The molecule has 0 radical (unpaired) electrons. The lowest BCUT2D eigenvalue weighted by Gasteiger charge is -2.23. The number of rotatable bonds is 25. The molecule has 0 aromatic heterocycles. The molecule has 20 heteroatoms. The van der Waals surface area contributed by atoms with Gasteiger partial charge in [0.05, 0.1) is 0 Å². The van der Waals surface area contributed by atoms with Gasteiger partial charge < -0.3 is 52.1 Å². The molecule has 0 spiro atoms. The van der Waals surface area contributed by atoms with E-state index < -0.39 is 0 Å². The predicted molar refractivity (Wildman–Crippen MR) is 500 cm³/mol. The molecule has 0 fully saturated rings. The molecular weight excluding hydrogens is 1550 g/mol. The molecule has 0 aliphatic carbocycles. The Labute approximate surface area is 694 Å². The Bertz CT molecular complexity index is 4350. The second-order valence-electron chi connectivity index (χ2n) is 27.5. The Morgan fingerprint density at radius 1 is 0.266 bits per heavy atom. The Hall–Kier alpha value is -5.40. The van der Waals surface area contributed by atoms with E-state index in [0.29, 0.717) is 71.7 Å². The first kappa shape index (κ1) is 102. The molecule has 0 saturated heterocycles. The van der Waals surface area contributed by atoms with Gasteiger partial charge in [-0.05, 0) is 242 Å². The summed E-state index contributed by atoms with van der Waals surface area (Å²) in [4.78, 5) is 0. The van der Waals surface area contributed by atoms with E-state index >= 15 is 0 Å². The van der Waals surface area contributed by atoms with Crippen LogP contribution in [-0.4, -0.2) is 58.3 Å². The van der Waals surface area contributed by atoms with Gasteiger partial charge in [0.25, 0.3) is 0 Å². The SMILES string of the molecule is CCNCc1cccc(C)c1Pc1cc(C)cc(C(C)(C)C)c1O.CCNCc1cccc(C)c1Pc1cc(C)cc(C)c1O.CCNCc1cccc(C)c1Pc1cc(C)ccc1O.CCNCc1cccc(C)c1Pc1cccc(C)c1O.CCNCc1cccc(C)c1Pc1ccccc1O.Cl.Cl.Cl.Cl.Cl. The maximum atomic E-state index is 10.9. The Morgan fingerprint density at radius 3 is 0.917 bits per heavy atom. The molecule has 0 aliphatic heterocycles. The van der Waals surface area contributed by atoms with Crippen molar-refractivity contribution in [2.24, 2.45) is 0 Å². The smallest absolute Gasteiger partial charge is 0.127 e. The van der Waals surface area contributed by atoms with Crippen molar-refractivity contribution in [1.82, 2.24) is 26.6 Å². The van der Waals surface area contributed by atoms with Gasteiger partial charge in [-0.2, -0.15) is 0 Å². The van der Waals surface area contributed by atoms with Crippen LogP contribution in [0.2, 0.25) is 0 Å². The zero-order valence-corrected chi connectivity index (χ0v) is 76.2. The molecule has 10 aromatic carbocycles. The highest BCUT2D eigenvalue weighted by atomic mass is 35.5. The highest BCUT2D eigenvalue weighted by Gasteiger charge is 2.22. The number of para-hydroxylation sites is 2. The molecule has 0 heterocycles. The predicted octanol–water partition coefficient (Wildman–Crippen LogP) is 17.1. The number of benzene rings is 10. The maximum absolute atomic E-state index is 10.9. The Morgan fingerprint density at radius 2 is 0.550 bits per heavy atom. The lowest BCUT2D eigenvalue weighted by Crippen LogP contribution is -2.21. The van der Waals surface area contributed by atoms with E-state index in [1.54, 1.807) is 12.1 Å². The van der Waals surface area contributed by atoms with Crippen molar-refractivity contribution in [2.45, 2.75) is 163 Å². The molecule has 10 aromatic rings. The highest BCUT2D eigenvalue weighted by molar-refractivity contribution is 7.57. The summed E-state index contributed by atoms with van der Waals surface area (Å²) < 4.78 is 0. The van der Waals surface area contributed by atoms with Crippen molar-refractivity contribution in [3.8, 4) is 28.7 Å². The van der Waals surface area contributed by atoms with E-state index in [-0.39, 0.29) is 67.5 Å². The minimum atomic E-state index is -0.0618. The molecule has 10 rings (SSSR count). The van der Waals surface area contributed by atoms with Gasteiger partial charge >= 0.3 is 0 Å². The standard InChI is InChI=1S/C21H30NOP.C18H24NOP.2C17H22NOP.C16H20NOP.5ClH/c1-7-22-13-16-10-8-9-15(3)20(16)24-18-12-14(2)11-17(19(18)23)21(4,5)6;1-5-19-11-15-8-6-7-13(3)18(15)21-16-10-12(2)9-14(4)17(16)20;1-4-18-11-14-9-5-8-13(3)17(14)20-15-10-6-7-12(2)16(15)19;1-4-18-11-14-7-5-6-13(3)17(14)20-16-10-12(2)8-9-15(16)19;1-3-17-11-13-8-6-7-12(2)16(13)19-15-10-5-4-9-14(15)18;;;;;/h8-12,22-24H,7,13H2,1-6H3;6-10,19-21H,5,11H2,1-4H3;2*5-10,18-20H,4,11H2,1-3H3;4-10,17-19H,3,11H2,1-2H3;5*1H. The first-order valence-electron chi connectivity index (χ1n) is 36.5. The van der Waals surface area contributed by atoms with Crippen LogP contribution >= 0.6 is 105 Å². The zero-order chi connectivity index (χ0) is 76.0. The molecule has 0 amide bonds.